The Morgan fingerprint density at radius 2 is 2.33 bits per heavy atom. The average molecular weight is 311 g/mol. The quantitative estimate of drug-likeness (QED) is 0.909. The van der Waals surface area contributed by atoms with E-state index in [2.05, 4.69) is 5.32 Å². The molecule has 0 bridgehead atoms. The number of carbonyl (C=O) groups is 1. The molecule has 0 spiro atoms. The fourth-order valence-corrected chi connectivity index (χ4v) is 2.95. The third-order valence-corrected chi connectivity index (χ3v) is 4.04. The topological polar surface area (TPSA) is 41.6 Å². The molecule has 4 nitrogen and oxygen atoms in total. The molecule has 2 unspecified atom stereocenters. The van der Waals surface area contributed by atoms with Gasteiger partial charge in [0.05, 0.1) is 0 Å². The highest BCUT2D eigenvalue weighted by Gasteiger charge is 2.30. The normalized spacial score (nSPS) is 20.1. The number of ether oxygens (including phenoxy) is 1. The van der Waals surface area contributed by atoms with Gasteiger partial charge in [-0.3, -0.25) is 4.79 Å². The molecule has 1 saturated heterocycles. The number of amides is 1. The van der Waals surface area contributed by atoms with Crippen molar-refractivity contribution < 1.29 is 9.53 Å². The highest BCUT2D eigenvalue weighted by Crippen LogP contribution is 2.21. The second kappa shape index (κ2) is 7.66. The van der Waals surface area contributed by atoms with Gasteiger partial charge in [-0.25, -0.2) is 0 Å². The lowest BCUT2D eigenvalue weighted by molar-refractivity contribution is -0.141. The molecule has 1 N–H and O–H groups in total. The molecule has 1 amide bonds. The summed E-state index contributed by atoms with van der Waals surface area (Å²) in [5, 5.41) is 3.78. The van der Waals surface area contributed by atoms with Gasteiger partial charge in [-0.2, -0.15) is 0 Å². The number of nitrogens with zero attached hydrogens (tertiary/aromatic N) is 1. The van der Waals surface area contributed by atoms with Crippen molar-refractivity contribution in [1.82, 2.24) is 10.2 Å². The molecule has 1 fully saturated rings. The maximum atomic E-state index is 12.6. The predicted molar refractivity (Wildman–Crippen MR) is 84.8 cm³/mol. The minimum absolute atomic E-state index is 0.0509. The number of carbonyl (C=O) groups excluding carboxylic acids is 1. The third-order valence-electron chi connectivity index (χ3n) is 3.81. The van der Waals surface area contributed by atoms with Gasteiger partial charge in [0.25, 0.3) is 5.91 Å². The summed E-state index contributed by atoms with van der Waals surface area (Å²) in [5.74, 6) is 0.681. The molecule has 1 aromatic carbocycles. The fourth-order valence-electron chi connectivity index (χ4n) is 2.77. The second-order valence-corrected chi connectivity index (χ2v) is 5.89. The highest BCUT2D eigenvalue weighted by molar-refractivity contribution is 6.30. The Morgan fingerprint density at radius 3 is 3.05 bits per heavy atom. The number of likely N-dealkylation sites (N-methyl/N-ethyl adjacent to an activating group) is 1. The number of halogens is 1. The first-order valence-electron chi connectivity index (χ1n) is 7.49. The molecule has 0 aliphatic carbocycles. The zero-order valence-corrected chi connectivity index (χ0v) is 13.4. The van der Waals surface area contributed by atoms with Gasteiger partial charge < -0.3 is 15.0 Å². The van der Waals surface area contributed by atoms with Gasteiger partial charge in [-0.1, -0.05) is 17.7 Å². The van der Waals surface area contributed by atoms with Gasteiger partial charge in [0.15, 0.2) is 6.10 Å². The van der Waals surface area contributed by atoms with Crippen molar-refractivity contribution in [3.05, 3.63) is 29.3 Å². The summed E-state index contributed by atoms with van der Waals surface area (Å²) in [7, 11) is 1.92. The Bertz CT molecular complexity index is 479. The van der Waals surface area contributed by atoms with Crippen molar-refractivity contribution >= 4 is 17.5 Å². The van der Waals surface area contributed by atoms with E-state index in [4.69, 9.17) is 16.3 Å². The maximum absolute atomic E-state index is 12.6. The lowest BCUT2D eigenvalue weighted by Gasteiger charge is -2.37. The van der Waals surface area contributed by atoms with Crippen molar-refractivity contribution in [3.63, 3.8) is 0 Å². The third kappa shape index (κ3) is 4.35. The van der Waals surface area contributed by atoms with Crippen molar-refractivity contribution in [3.8, 4) is 5.75 Å². The lowest BCUT2D eigenvalue weighted by Crippen LogP contribution is -2.51. The van der Waals surface area contributed by atoms with Crippen LogP contribution in [0.4, 0.5) is 0 Å². The van der Waals surface area contributed by atoms with Crippen LogP contribution in [-0.4, -0.2) is 43.1 Å². The van der Waals surface area contributed by atoms with Crippen LogP contribution in [0.15, 0.2) is 24.3 Å². The first kappa shape index (κ1) is 16.1. The molecule has 0 aromatic heterocycles. The molecule has 1 heterocycles. The van der Waals surface area contributed by atoms with E-state index in [-0.39, 0.29) is 11.9 Å². The molecule has 116 valence electrons. The number of hydrogen-bond acceptors (Lipinski definition) is 3. The Balaban J connectivity index is 2.00. The van der Waals surface area contributed by atoms with Gasteiger partial charge >= 0.3 is 0 Å². The number of benzene rings is 1. The molecule has 1 aliphatic heterocycles. The van der Waals surface area contributed by atoms with Crippen LogP contribution in [0.2, 0.25) is 5.02 Å². The molecule has 0 saturated carbocycles. The standard InChI is InChI=1S/C16H23ClN2O2/c1-12(21-15-8-5-6-13(17)10-15)16(20)19-9-4-3-7-14(19)11-18-2/h5-6,8,10,12,14,18H,3-4,7,9,11H2,1-2H3. The summed E-state index contributed by atoms with van der Waals surface area (Å²) < 4.78 is 5.74. The zero-order valence-electron chi connectivity index (χ0n) is 12.6. The summed E-state index contributed by atoms with van der Waals surface area (Å²) in [5.41, 5.74) is 0. The summed E-state index contributed by atoms with van der Waals surface area (Å²) in [6, 6.07) is 7.42. The fraction of sp³-hybridized carbons (Fsp3) is 0.562. The van der Waals surface area contributed by atoms with Crippen molar-refractivity contribution in [1.29, 1.82) is 0 Å². The minimum atomic E-state index is -0.499. The van der Waals surface area contributed by atoms with Gasteiger partial charge in [0.2, 0.25) is 0 Å². The summed E-state index contributed by atoms with van der Waals surface area (Å²) in [4.78, 5) is 14.6. The number of piperidine rings is 1. The van der Waals surface area contributed by atoms with Gasteiger partial charge in [-0.15, -0.1) is 0 Å². The smallest absolute Gasteiger partial charge is 0.263 e. The van der Waals surface area contributed by atoms with E-state index in [9.17, 15) is 4.79 Å². The lowest BCUT2D eigenvalue weighted by atomic mass is 10.0. The van der Waals surface area contributed by atoms with E-state index >= 15 is 0 Å². The minimum Gasteiger partial charge on any atom is -0.481 e. The van der Waals surface area contributed by atoms with E-state index in [0.29, 0.717) is 10.8 Å². The Hall–Kier alpha value is -1.26. The van der Waals surface area contributed by atoms with Crippen LogP contribution in [-0.2, 0) is 4.79 Å². The molecule has 0 radical (unpaired) electrons. The van der Waals surface area contributed by atoms with Gasteiger partial charge in [0.1, 0.15) is 5.75 Å². The SMILES string of the molecule is CNCC1CCCCN1C(=O)C(C)Oc1cccc(Cl)c1. The molecule has 5 heteroatoms. The molecule has 21 heavy (non-hydrogen) atoms. The Labute approximate surface area is 131 Å². The van der Waals surface area contributed by atoms with Crippen LogP contribution in [0, 0.1) is 0 Å². The van der Waals surface area contributed by atoms with Gasteiger partial charge in [0, 0.05) is 24.2 Å². The van der Waals surface area contributed by atoms with E-state index in [1.165, 1.54) is 6.42 Å². The summed E-state index contributed by atoms with van der Waals surface area (Å²) in [6.07, 6.45) is 2.80. The number of nitrogens with one attached hydrogen (secondary N) is 1. The molecular weight excluding hydrogens is 288 g/mol. The first-order valence-corrected chi connectivity index (χ1v) is 7.87. The summed E-state index contributed by atoms with van der Waals surface area (Å²) in [6.45, 7) is 3.44. The monoisotopic (exact) mass is 310 g/mol. The van der Waals surface area contributed by atoms with E-state index in [1.54, 1.807) is 19.1 Å². The maximum Gasteiger partial charge on any atom is 0.263 e. The Kier molecular flexibility index (Phi) is 5.88. The molecule has 2 atom stereocenters. The second-order valence-electron chi connectivity index (χ2n) is 5.46. The van der Waals surface area contributed by atoms with Gasteiger partial charge in [-0.05, 0) is 51.4 Å². The van der Waals surface area contributed by atoms with E-state index in [1.807, 2.05) is 24.1 Å². The first-order chi connectivity index (χ1) is 10.1. The van der Waals surface area contributed by atoms with Crippen molar-refractivity contribution in [2.75, 3.05) is 20.1 Å². The van der Waals surface area contributed by atoms with Crippen LogP contribution < -0.4 is 10.1 Å². The number of likely N-dealkylation sites (tertiary alicyclic amines) is 1. The van der Waals surface area contributed by atoms with Crippen molar-refractivity contribution in [2.45, 2.75) is 38.3 Å². The van der Waals surface area contributed by atoms with Crippen LogP contribution in [0.25, 0.3) is 0 Å². The number of hydrogen-bond donors (Lipinski definition) is 1. The average Bonchev–Trinajstić information content (AvgIpc) is 2.47. The largest absolute Gasteiger partial charge is 0.481 e. The van der Waals surface area contributed by atoms with E-state index < -0.39 is 6.10 Å². The molecule has 1 aliphatic rings. The molecular formula is C16H23ClN2O2. The summed E-state index contributed by atoms with van der Waals surface area (Å²) >= 11 is 5.94. The van der Waals surface area contributed by atoms with Crippen molar-refractivity contribution in [2.24, 2.45) is 0 Å². The van der Waals surface area contributed by atoms with Crippen LogP contribution in [0.1, 0.15) is 26.2 Å². The zero-order chi connectivity index (χ0) is 15.2. The number of rotatable bonds is 5. The van der Waals surface area contributed by atoms with Crippen LogP contribution in [0.5, 0.6) is 5.75 Å². The predicted octanol–water partition coefficient (Wildman–Crippen LogP) is 2.71. The molecule has 1 aromatic rings. The van der Waals surface area contributed by atoms with Crippen LogP contribution >= 0.6 is 11.6 Å². The Morgan fingerprint density at radius 1 is 1.52 bits per heavy atom. The highest BCUT2D eigenvalue weighted by atomic mass is 35.5. The van der Waals surface area contributed by atoms with Crippen LogP contribution in [0.3, 0.4) is 0 Å². The van der Waals surface area contributed by atoms with E-state index in [0.717, 1.165) is 25.9 Å². The molecule has 2 rings (SSSR count).